The van der Waals surface area contributed by atoms with Crippen molar-refractivity contribution in [3.8, 4) is 11.5 Å². The van der Waals surface area contributed by atoms with Gasteiger partial charge in [0, 0.05) is 6.54 Å². The minimum absolute atomic E-state index is 0.198. The van der Waals surface area contributed by atoms with E-state index in [4.69, 9.17) is 13.9 Å². The minimum atomic E-state index is -0.710. The Hall–Kier alpha value is -3.14. The summed E-state index contributed by atoms with van der Waals surface area (Å²) in [5.74, 6) is -0.149. The number of hydrogen-bond donors (Lipinski definition) is 0. The van der Waals surface area contributed by atoms with Gasteiger partial charge in [0.15, 0.2) is 4.80 Å². The molecule has 0 bridgehead atoms. The zero-order valence-corrected chi connectivity index (χ0v) is 15.0. The number of thiazole rings is 1. The van der Waals surface area contributed by atoms with Crippen LogP contribution >= 0.6 is 11.3 Å². The fraction of sp³-hybridized carbons (Fsp3) is 0.250. The summed E-state index contributed by atoms with van der Waals surface area (Å²) in [5, 5.41) is 10.7. The summed E-state index contributed by atoms with van der Waals surface area (Å²) in [5.41, 5.74) is 0.760. The van der Waals surface area contributed by atoms with Gasteiger partial charge in [-0.15, -0.1) is 0 Å². The van der Waals surface area contributed by atoms with Gasteiger partial charge in [0.05, 0.1) is 20.3 Å². The molecule has 0 atom stereocenters. The molecule has 0 fully saturated rings. The van der Waals surface area contributed by atoms with E-state index in [1.807, 2.05) is 11.5 Å². The van der Waals surface area contributed by atoms with E-state index < -0.39 is 16.7 Å². The fourth-order valence-electron chi connectivity index (χ4n) is 2.52. The van der Waals surface area contributed by atoms with Gasteiger partial charge in [0.25, 0.3) is 0 Å². The van der Waals surface area contributed by atoms with Crippen LogP contribution in [0.4, 0.5) is 5.88 Å². The van der Waals surface area contributed by atoms with Crippen molar-refractivity contribution < 1.29 is 23.6 Å². The van der Waals surface area contributed by atoms with E-state index in [9.17, 15) is 14.9 Å². The third-order valence-electron chi connectivity index (χ3n) is 3.69. The number of fused-ring (bicyclic) bond motifs is 1. The van der Waals surface area contributed by atoms with Crippen molar-refractivity contribution in [2.24, 2.45) is 4.99 Å². The summed E-state index contributed by atoms with van der Waals surface area (Å²) in [7, 11) is 3.12. The molecular weight excluding hydrogens is 362 g/mol. The number of carbonyl (C=O) groups excluding carboxylic acids is 1. The Morgan fingerprint density at radius 1 is 1.27 bits per heavy atom. The topological polar surface area (TPSA) is 109 Å². The Kier molecular flexibility index (Phi) is 4.76. The summed E-state index contributed by atoms with van der Waals surface area (Å²) >= 11 is 1.26. The lowest BCUT2D eigenvalue weighted by molar-refractivity contribution is -0.402. The van der Waals surface area contributed by atoms with Gasteiger partial charge in [0.2, 0.25) is 5.76 Å². The number of aromatic nitrogens is 1. The summed E-state index contributed by atoms with van der Waals surface area (Å²) in [6, 6.07) is 5.91. The van der Waals surface area contributed by atoms with Crippen molar-refractivity contribution in [1.82, 2.24) is 4.57 Å². The number of nitro groups is 1. The Morgan fingerprint density at radius 3 is 2.54 bits per heavy atom. The van der Waals surface area contributed by atoms with Crippen LogP contribution < -0.4 is 14.3 Å². The number of methoxy groups -OCH3 is 2. The highest BCUT2D eigenvalue weighted by atomic mass is 32.1. The van der Waals surface area contributed by atoms with Crippen LogP contribution in [0, 0.1) is 10.1 Å². The standard InChI is InChI=1S/C16H15N3O6S/c1-4-18-13-9(23-2)5-6-10(24-3)14(13)26-16(18)17-15(20)11-7-8-12(25-11)19(21)22/h5-8H,4H2,1-3H3. The Morgan fingerprint density at radius 2 is 1.96 bits per heavy atom. The molecule has 0 N–H and O–H groups in total. The van der Waals surface area contributed by atoms with Crippen molar-refractivity contribution >= 4 is 33.3 Å². The van der Waals surface area contributed by atoms with E-state index in [1.54, 1.807) is 26.4 Å². The Labute approximate surface area is 151 Å². The van der Waals surface area contributed by atoms with Gasteiger partial charge in [0.1, 0.15) is 26.6 Å². The number of ether oxygens (including phenoxy) is 2. The lowest BCUT2D eigenvalue weighted by Gasteiger charge is -2.08. The third kappa shape index (κ3) is 2.94. The van der Waals surface area contributed by atoms with Crippen LogP contribution in [-0.4, -0.2) is 29.6 Å². The molecule has 3 aromatic rings. The largest absolute Gasteiger partial charge is 0.495 e. The van der Waals surface area contributed by atoms with Crippen LogP contribution in [-0.2, 0) is 6.54 Å². The molecule has 0 spiro atoms. The van der Waals surface area contributed by atoms with Crippen LogP contribution in [0.15, 0.2) is 33.7 Å². The van der Waals surface area contributed by atoms with E-state index in [-0.39, 0.29) is 5.76 Å². The smallest absolute Gasteiger partial charge is 0.433 e. The van der Waals surface area contributed by atoms with Crippen LogP contribution in [0.2, 0.25) is 0 Å². The number of amides is 1. The Bertz CT molecular complexity index is 1060. The summed E-state index contributed by atoms with van der Waals surface area (Å²) in [6.07, 6.45) is 0. The molecule has 26 heavy (non-hydrogen) atoms. The van der Waals surface area contributed by atoms with Crippen LogP contribution in [0.25, 0.3) is 10.2 Å². The monoisotopic (exact) mass is 377 g/mol. The van der Waals surface area contributed by atoms with Gasteiger partial charge >= 0.3 is 11.8 Å². The number of rotatable bonds is 5. The highest BCUT2D eigenvalue weighted by Crippen LogP contribution is 2.35. The van der Waals surface area contributed by atoms with Gasteiger partial charge < -0.3 is 18.5 Å². The second kappa shape index (κ2) is 7.00. The average Bonchev–Trinajstić information content (AvgIpc) is 3.25. The maximum atomic E-state index is 12.4. The second-order valence-corrected chi connectivity index (χ2v) is 6.07. The van der Waals surface area contributed by atoms with Crippen molar-refractivity contribution in [1.29, 1.82) is 0 Å². The molecule has 0 radical (unpaired) electrons. The fourth-order valence-corrected chi connectivity index (χ4v) is 3.72. The van der Waals surface area contributed by atoms with Crippen molar-refractivity contribution in [2.45, 2.75) is 13.5 Å². The molecule has 0 saturated carbocycles. The van der Waals surface area contributed by atoms with Crippen LogP contribution in [0.1, 0.15) is 17.5 Å². The number of nitrogens with zero attached hydrogens (tertiary/aromatic N) is 3. The maximum absolute atomic E-state index is 12.4. The van der Waals surface area contributed by atoms with E-state index in [0.717, 1.165) is 16.3 Å². The molecule has 2 heterocycles. The van der Waals surface area contributed by atoms with Gasteiger partial charge in [-0.05, 0) is 25.1 Å². The van der Waals surface area contributed by atoms with E-state index in [2.05, 4.69) is 4.99 Å². The number of carbonyl (C=O) groups is 1. The first-order chi connectivity index (χ1) is 12.5. The predicted molar refractivity (Wildman–Crippen MR) is 93.8 cm³/mol. The number of aryl methyl sites for hydroxylation is 1. The van der Waals surface area contributed by atoms with Gasteiger partial charge in [-0.25, -0.2) is 0 Å². The van der Waals surface area contributed by atoms with E-state index in [1.165, 1.54) is 17.4 Å². The van der Waals surface area contributed by atoms with Crippen molar-refractivity contribution in [3.05, 3.63) is 44.9 Å². The summed E-state index contributed by atoms with van der Waals surface area (Å²) in [4.78, 5) is 26.8. The van der Waals surface area contributed by atoms with Gasteiger partial charge in [-0.1, -0.05) is 11.3 Å². The first-order valence-electron chi connectivity index (χ1n) is 7.57. The molecule has 0 aliphatic carbocycles. The highest BCUT2D eigenvalue weighted by Gasteiger charge is 2.19. The lowest BCUT2D eigenvalue weighted by atomic mass is 10.3. The molecule has 0 saturated heterocycles. The molecule has 0 unspecified atom stereocenters. The Balaban J connectivity index is 2.18. The summed E-state index contributed by atoms with van der Waals surface area (Å²) in [6.45, 7) is 2.44. The lowest BCUT2D eigenvalue weighted by Crippen LogP contribution is -2.16. The maximum Gasteiger partial charge on any atom is 0.433 e. The molecule has 1 aromatic carbocycles. The van der Waals surface area contributed by atoms with Gasteiger partial charge in [-0.2, -0.15) is 4.99 Å². The van der Waals surface area contributed by atoms with Gasteiger partial charge in [-0.3, -0.25) is 14.9 Å². The average molecular weight is 377 g/mol. The molecule has 1 amide bonds. The number of hydrogen-bond acceptors (Lipinski definition) is 7. The van der Waals surface area contributed by atoms with E-state index >= 15 is 0 Å². The molecule has 10 heteroatoms. The SMILES string of the molecule is CCn1c(=NC(=O)c2ccc([N+](=O)[O-])o2)sc2c(OC)ccc(OC)c21. The molecule has 0 aliphatic heterocycles. The predicted octanol–water partition coefficient (Wildman–Crippen LogP) is 2.98. The highest BCUT2D eigenvalue weighted by molar-refractivity contribution is 7.16. The number of benzene rings is 1. The van der Waals surface area contributed by atoms with Crippen LogP contribution in [0.5, 0.6) is 11.5 Å². The normalized spacial score (nSPS) is 11.7. The quantitative estimate of drug-likeness (QED) is 0.499. The molecule has 0 aliphatic rings. The number of furan rings is 1. The first-order valence-corrected chi connectivity index (χ1v) is 8.39. The third-order valence-corrected chi connectivity index (χ3v) is 4.78. The zero-order chi connectivity index (χ0) is 18.8. The summed E-state index contributed by atoms with van der Waals surface area (Å²) < 4.78 is 18.3. The minimum Gasteiger partial charge on any atom is -0.495 e. The zero-order valence-electron chi connectivity index (χ0n) is 14.2. The van der Waals surface area contributed by atoms with Crippen LogP contribution in [0.3, 0.4) is 0 Å². The molecule has 9 nitrogen and oxygen atoms in total. The van der Waals surface area contributed by atoms with Crippen molar-refractivity contribution in [3.63, 3.8) is 0 Å². The van der Waals surface area contributed by atoms with E-state index in [0.29, 0.717) is 22.8 Å². The first kappa shape index (κ1) is 17.7. The molecule has 2 aromatic heterocycles. The molecule has 136 valence electrons. The molecule has 3 rings (SSSR count). The van der Waals surface area contributed by atoms with Crippen molar-refractivity contribution in [2.75, 3.05) is 14.2 Å². The molecular formula is C16H15N3O6S. The second-order valence-electron chi connectivity index (χ2n) is 5.09.